The number of aliphatic carboxylic acids is 1. The normalized spacial score (nSPS) is 32.6. The molecular formula is C15H24F3NO2. The Labute approximate surface area is 123 Å². The molecule has 3 nitrogen and oxygen atoms in total. The molecule has 1 N–H and O–H groups in total. The molecule has 0 bridgehead atoms. The molecular weight excluding hydrogens is 283 g/mol. The molecule has 0 aromatic heterocycles. The Bertz CT molecular complexity index is 364. The summed E-state index contributed by atoms with van der Waals surface area (Å²) >= 11 is 0. The molecule has 0 radical (unpaired) electrons. The molecule has 1 heterocycles. The third-order valence-corrected chi connectivity index (χ3v) is 5.04. The fourth-order valence-electron chi connectivity index (χ4n) is 4.01. The monoisotopic (exact) mass is 307 g/mol. The van der Waals surface area contributed by atoms with Crippen molar-refractivity contribution in [2.24, 2.45) is 5.92 Å². The highest BCUT2D eigenvalue weighted by Gasteiger charge is 2.50. The number of carbonyl (C=O) groups is 1. The van der Waals surface area contributed by atoms with Gasteiger partial charge in [-0.25, -0.2) is 0 Å². The van der Waals surface area contributed by atoms with Crippen LogP contribution in [0.1, 0.15) is 57.8 Å². The molecule has 1 aliphatic heterocycles. The van der Waals surface area contributed by atoms with Crippen LogP contribution in [-0.2, 0) is 4.79 Å². The summed E-state index contributed by atoms with van der Waals surface area (Å²) in [5, 5.41) is 9.21. The summed E-state index contributed by atoms with van der Waals surface area (Å²) in [4.78, 5) is 13.3. The Kier molecular flexibility index (Phi) is 5.17. The number of likely N-dealkylation sites (tertiary alicyclic amines) is 1. The number of hydrogen-bond acceptors (Lipinski definition) is 2. The highest BCUT2D eigenvalue weighted by molar-refractivity contribution is 5.68. The number of alkyl halides is 3. The Balaban J connectivity index is 2.21. The maximum atomic E-state index is 13.1. The van der Waals surface area contributed by atoms with Crippen LogP contribution >= 0.6 is 0 Å². The molecule has 0 amide bonds. The lowest BCUT2D eigenvalue weighted by molar-refractivity contribution is -0.196. The number of hydrogen-bond donors (Lipinski definition) is 1. The lowest BCUT2D eigenvalue weighted by Crippen LogP contribution is -2.54. The minimum absolute atomic E-state index is 0.0528. The third-order valence-electron chi connectivity index (χ3n) is 5.04. The summed E-state index contributed by atoms with van der Waals surface area (Å²) in [5.41, 5.74) is -0.797. The van der Waals surface area contributed by atoms with Gasteiger partial charge in [-0.1, -0.05) is 19.3 Å². The quantitative estimate of drug-likeness (QED) is 0.861. The molecule has 1 saturated carbocycles. The SMILES string of the molecule is O=C(O)CC1(N2CCCCCC2)CCCC(C(F)(F)F)C1. The van der Waals surface area contributed by atoms with Crippen LogP contribution in [0.4, 0.5) is 13.2 Å². The zero-order valence-corrected chi connectivity index (χ0v) is 12.3. The van der Waals surface area contributed by atoms with Crippen LogP contribution in [-0.4, -0.2) is 40.8 Å². The van der Waals surface area contributed by atoms with E-state index in [-0.39, 0.29) is 19.3 Å². The summed E-state index contributed by atoms with van der Waals surface area (Å²) < 4.78 is 39.3. The second-order valence-electron chi connectivity index (χ2n) is 6.53. The number of rotatable bonds is 3. The Morgan fingerprint density at radius 3 is 2.29 bits per heavy atom. The molecule has 2 atom stereocenters. The van der Waals surface area contributed by atoms with Gasteiger partial charge in [0.15, 0.2) is 0 Å². The number of nitrogens with zero attached hydrogens (tertiary/aromatic N) is 1. The Hall–Kier alpha value is -0.780. The first kappa shape index (κ1) is 16.6. The van der Waals surface area contributed by atoms with Crippen LogP contribution in [0.5, 0.6) is 0 Å². The van der Waals surface area contributed by atoms with Crippen molar-refractivity contribution in [1.29, 1.82) is 0 Å². The predicted molar refractivity (Wildman–Crippen MR) is 73.0 cm³/mol. The average Bonchev–Trinajstić information content (AvgIpc) is 2.66. The minimum Gasteiger partial charge on any atom is -0.481 e. The first-order chi connectivity index (χ1) is 9.83. The zero-order valence-electron chi connectivity index (χ0n) is 12.3. The Morgan fingerprint density at radius 2 is 1.76 bits per heavy atom. The largest absolute Gasteiger partial charge is 0.481 e. The molecule has 0 aromatic carbocycles. The van der Waals surface area contributed by atoms with Crippen molar-refractivity contribution in [3.8, 4) is 0 Å². The molecule has 1 aliphatic carbocycles. The Morgan fingerprint density at radius 1 is 1.14 bits per heavy atom. The topological polar surface area (TPSA) is 40.5 Å². The van der Waals surface area contributed by atoms with Crippen LogP contribution < -0.4 is 0 Å². The van der Waals surface area contributed by atoms with Crippen LogP contribution in [0.2, 0.25) is 0 Å². The van der Waals surface area contributed by atoms with Gasteiger partial charge in [0, 0.05) is 5.54 Å². The van der Waals surface area contributed by atoms with E-state index in [9.17, 15) is 23.1 Å². The first-order valence-corrected chi connectivity index (χ1v) is 7.87. The smallest absolute Gasteiger partial charge is 0.391 e. The van der Waals surface area contributed by atoms with Gasteiger partial charge in [-0.05, 0) is 45.2 Å². The zero-order chi connectivity index (χ0) is 15.5. The van der Waals surface area contributed by atoms with Gasteiger partial charge in [0.1, 0.15) is 0 Å². The van der Waals surface area contributed by atoms with E-state index in [0.29, 0.717) is 12.8 Å². The highest BCUT2D eigenvalue weighted by atomic mass is 19.4. The van der Waals surface area contributed by atoms with Gasteiger partial charge >= 0.3 is 12.1 Å². The van der Waals surface area contributed by atoms with Gasteiger partial charge in [-0.3, -0.25) is 9.69 Å². The predicted octanol–water partition coefficient (Wildman–Crippen LogP) is 3.83. The molecule has 2 aliphatic rings. The molecule has 6 heteroatoms. The average molecular weight is 307 g/mol. The maximum Gasteiger partial charge on any atom is 0.391 e. The van der Waals surface area contributed by atoms with Gasteiger partial charge in [0.25, 0.3) is 0 Å². The van der Waals surface area contributed by atoms with Crippen molar-refractivity contribution in [2.45, 2.75) is 69.5 Å². The second-order valence-corrected chi connectivity index (χ2v) is 6.53. The van der Waals surface area contributed by atoms with Crippen molar-refractivity contribution >= 4 is 5.97 Å². The van der Waals surface area contributed by atoms with Gasteiger partial charge in [-0.2, -0.15) is 13.2 Å². The van der Waals surface area contributed by atoms with E-state index in [1.165, 1.54) is 0 Å². The van der Waals surface area contributed by atoms with Crippen LogP contribution in [0, 0.1) is 5.92 Å². The van der Waals surface area contributed by atoms with Gasteiger partial charge < -0.3 is 5.11 Å². The van der Waals surface area contributed by atoms with E-state index in [2.05, 4.69) is 4.90 Å². The number of carboxylic acid groups (broad SMARTS) is 1. The van der Waals surface area contributed by atoms with Crippen molar-refractivity contribution < 1.29 is 23.1 Å². The maximum absolute atomic E-state index is 13.1. The standard InChI is InChI=1S/C15H24F3NO2/c16-15(17,18)12-6-5-7-14(10-12,11-13(20)21)19-8-3-1-2-4-9-19/h12H,1-11H2,(H,20,21). The van der Waals surface area contributed by atoms with Crippen molar-refractivity contribution in [3.05, 3.63) is 0 Å². The number of halogens is 3. The van der Waals surface area contributed by atoms with Crippen molar-refractivity contribution in [2.75, 3.05) is 13.1 Å². The molecule has 122 valence electrons. The number of carboxylic acids is 1. The van der Waals surface area contributed by atoms with Crippen molar-refractivity contribution in [3.63, 3.8) is 0 Å². The lowest BCUT2D eigenvalue weighted by Gasteiger charge is -2.48. The van der Waals surface area contributed by atoms with Crippen molar-refractivity contribution in [1.82, 2.24) is 4.90 Å². The van der Waals surface area contributed by atoms with E-state index < -0.39 is 23.6 Å². The van der Waals surface area contributed by atoms with E-state index in [0.717, 1.165) is 38.8 Å². The molecule has 2 rings (SSSR count). The second kappa shape index (κ2) is 6.55. The molecule has 2 unspecified atom stereocenters. The van der Waals surface area contributed by atoms with E-state index in [1.54, 1.807) is 0 Å². The highest BCUT2D eigenvalue weighted by Crippen LogP contribution is 2.46. The first-order valence-electron chi connectivity index (χ1n) is 7.87. The van der Waals surface area contributed by atoms with E-state index in [1.807, 2.05) is 0 Å². The van der Waals surface area contributed by atoms with Crippen LogP contribution in [0.3, 0.4) is 0 Å². The molecule has 0 spiro atoms. The third kappa shape index (κ3) is 4.11. The fourth-order valence-corrected chi connectivity index (χ4v) is 4.01. The molecule has 1 saturated heterocycles. The van der Waals surface area contributed by atoms with E-state index >= 15 is 0 Å². The summed E-state index contributed by atoms with van der Waals surface area (Å²) in [5.74, 6) is -2.34. The van der Waals surface area contributed by atoms with Gasteiger partial charge in [-0.15, -0.1) is 0 Å². The molecule has 21 heavy (non-hydrogen) atoms. The summed E-state index contributed by atoms with van der Waals surface area (Å²) in [6.07, 6.45) is 0.831. The minimum atomic E-state index is -4.21. The van der Waals surface area contributed by atoms with Crippen LogP contribution in [0.15, 0.2) is 0 Å². The van der Waals surface area contributed by atoms with Gasteiger partial charge in [0.2, 0.25) is 0 Å². The summed E-state index contributed by atoms with van der Waals surface area (Å²) in [6, 6.07) is 0. The fraction of sp³-hybridized carbons (Fsp3) is 0.933. The lowest BCUT2D eigenvalue weighted by atomic mass is 9.72. The summed E-state index contributed by atoms with van der Waals surface area (Å²) in [6.45, 7) is 1.47. The van der Waals surface area contributed by atoms with E-state index in [4.69, 9.17) is 0 Å². The molecule has 0 aromatic rings. The summed E-state index contributed by atoms with van der Waals surface area (Å²) in [7, 11) is 0. The van der Waals surface area contributed by atoms with Crippen LogP contribution in [0.25, 0.3) is 0 Å². The van der Waals surface area contributed by atoms with Gasteiger partial charge in [0.05, 0.1) is 12.3 Å². The molecule has 2 fully saturated rings.